The third kappa shape index (κ3) is 4.98. The van der Waals surface area contributed by atoms with Crippen LogP contribution in [0, 0.1) is 13.8 Å². The molecule has 6 nitrogen and oxygen atoms in total. The van der Waals surface area contributed by atoms with E-state index in [0.717, 1.165) is 22.9 Å². The summed E-state index contributed by atoms with van der Waals surface area (Å²) >= 11 is 3.19. The van der Waals surface area contributed by atoms with Crippen molar-refractivity contribution in [2.45, 2.75) is 24.8 Å². The number of aromatic nitrogens is 4. The van der Waals surface area contributed by atoms with Crippen LogP contribution in [0.1, 0.15) is 17.0 Å². The standard InChI is InChI=1S/C18H21N5OS2/c1-13-10-14(2)23-17(20-13)21-22-18(23)26-12-16(24)19-8-9-25-11-15-6-4-3-5-7-15/h3-7,10H,8-9,11-12H2,1-2H3,(H,19,24). The molecule has 3 rings (SSSR count). The molecule has 1 amide bonds. The predicted octanol–water partition coefficient (Wildman–Crippen LogP) is 2.88. The SMILES string of the molecule is Cc1cc(C)n2c(SCC(=O)NCCSCc3ccccc3)nnc2n1. The predicted molar refractivity (Wildman–Crippen MR) is 107 cm³/mol. The highest BCUT2D eigenvalue weighted by Gasteiger charge is 2.12. The van der Waals surface area contributed by atoms with Gasteiger partial charge >= 0.3 is 0 Å². The second kappa shape index (κ2) is 9.05. The molecule has 0 aliphatic carbocycles. The van der Waals surface area contributed by atoms with Crippen molar-refractivity contribution >= 4 is 35.2 Å². The number of amides is 1. The Kier molecular flexibility index (Phi) is 6.51. The van der Waals surface area contributed by atoms with E-state index in [-0.39, 0.29) is 5.91 Å². The molecule has 0 saturated carbocycles. The van der Waals surface area contributed by atoms with Gasteiger partial charge in [0.2, 0.25) is 5.91 Å². The van der Waals surface area contributed by atoms with Gasteiger partial charge in [0.1, 0.15) is 0 Å². The first-order chi connectivity index (χ1) is 12.6. The van der Waals surface area contributed by atoms with E-state index >= 15 is 0 Å². The Balaban J connectivity index is 1.40. The van der Waals surface area contributed by atoms with Gasteiger partial charge in [-0.1, -0.05) is 42.1 Å². The number of aryl methyl sites for hydroxylation is 2. The van der Waals surface area contributed by atoms with Crippen molar-refractivity contribution in [2.75, 3.05) is 18.1 Å². The van der Waals surface area contributed by atoms with E-state index in [4.69, 9.17) is 0 Å². The van der Waals surface area contributed by atoms with Gasteiger partial charge in [0.25, 0.3) is 5.78 Å². The number of hydrogen-bond acceptors (Lipinski definition) is 6. The minimum absolute atomic E-state index is 0.00443. The fourth-order valence-corrected chi connectivity index (χ4v) is 4.14. The van der Waals surface area contributed by atoms with E-state index in [2.05, 4.69) is 32.6 Å². The summed E-state index contributed by atoms with van der Waals surface area (Å²) in [4.78, 5) is 16.4. The zero-order valence-electron chi connectivity index (χ0n) is 14.8. The van der Waals surface area contributed by atoms with E-state index < -0.39 is 0 Å². The zero-order valence-corrected chi connectivity index (χ0v) is 16.4. The van der Waals surface area contributed by atoms with Crippen molar-refractivity contribution < 1.29 is 4.79 Å². The molecule has 0 unspecified atom stereocenters. The van der Waals surface area contributed by atoms with Gasteiger partial charge in [0, 0.05) is 29.4 Å². The van der Waals surface area contributed by atoms with Crippen molar-refractivity contribution in [2.24, 2.45) is 0 Å². The molecule has 0 radical (unpaired) electrons. The average molecular weight is 388 g/mol. The first-order valence-electron chi connectivity index (χ1n) is 8.34. The van der Waals surface area contributed by atoms with Crippen molar-refractivity contribution in [3.63, 3.8) is 0 Å². The number of carbonyl (C=O) groups excluding carboxylic acids is 1. The van der Waals surface area contributed by atoms with E-state index in [0.29, 0.717) is 23.2 Å². The largest absolute Gasteiger partial charge is 0.355 e. The summed E-state index contributed by atoms with van der Waals surface area (Å²) in [6.07, 6.45) is 0. The zero-order chi connectivity index (χ0) is 18.4. The van der Waals surface area contributed by atoms with Crippen molar-refractivity contribution in [3.05, 3.63) is 53.3 Å². The number of thioether (sulfide) groups is 2. The maximum atomic E-state index is 12.0. The van der Waals surface area contributed by atoms with Crippen LogP contribution in [0.15, 0.2) is 41.6 Å². The Morgan fingerprint density at radius 2 is 2.00 bits per heavy atom. The van der Waals surface area contributed by atoms with Crippen LogP contribution in [-0.2, 0) is 10.5 Å². The van der Waals surface area contributed by atoms with Crippen LogP contribution in [-0.4, -0.2) is 43.5 Å². The number of nitrogens with zero attached hydrogens (tertiary/aromatic N) is 4. The van der Waals surface area contributed by atoms with Gasteiger partial charge in [-0.25, -0.2) is 4.98 Å². The lowest BCUT2D eigenvalue weighted by Crippen LogP contribution is -2.27. The summed E-state index contributed by atoms with van der Waals surface area (Å²) < 4.78 is 1.88. The van der Waals surface area contributed by atoms with E-state index in [9.17, 15) is 4.79 Å². The Hall–Kier alpha value is -2.06. The minimum Gasteiger partial charge on any atom is -0.355 e. The highest BCUT2D eigenvalue weighted by molar-refractivity contribution is 7.99. The normalized spacial score (nSPS) is 11.0. The van der Waals surface area contributed by atoms with Gasteiger partial charge in [-0.15, -0.1) is 10.2 Å². The lowest BCUT2D eigenvalue weighted by Gasteiger charge is -2.06. The third-order valence-electron chi connectivity index (χ3n) is 3.68. The molecule has 1 N–H and O–H groups in total. The summed E-state index contributed by atoms with van der Waals surface area (Å²) in [5, 5.41) is 11.9. The van der Waals surface area contributed by atoms with Crippen LogP contribution < -0.4 is 5.32 Å². The monoisotopic (exact) mass is 387 g/mol. The highest BCUT2D eigenvalue weighted by Crippen LogP contribution is 2.18. The van der Waals surface area contributed by atoms with Gasteiger partial charge < -0.3 is 5.32 Å². The fourth-order valence-electron chi connectivity index (χ4n) is 2.50. The molecule has 0 aliphatic heterocycles. The molecular weight excluding hydrogens is 366 g/mol. The molecule has 0 bridgehead atoms. The summed E-state index contributed by atoms with van der Waals surface area (Å²) in [5.74, 6) is 2.74. The highest BCUT2D eigenvalue weighted by atomic mass is 32.2. The Bertz CT molecular complexity index is 882. The van der Waals surface area contributed by atoms with Gasteiger partial charge in [0.15, 0.2) is 5.16 Å². The molecule has 0 aliphatic rings. The maximum absolute atomic E-state index is 12.0. The van der Waals surface area contributed by atoms with Crippen molar-refractivity contribution in [1.82, 2.24) is 24.9 Å². The number of carbonyl (C=O) groups is 1. The molecule has 2 aromatic heterocycles. The Morgan fingerprint density at radius 1 is 1.19 bits per heavy atom. The fraction of sp³-hybridized carbons (Fsp3) is 0.333. The summed E-state index contributed by atoms with van der Waals surface area (Å²) in [6, 6.07) is 12.3. The number of benzene rings is 1. The minimum atomic E-state index is 0.00443. The van der Waals surface area contributed by atoms with Gasteiger partial charge in [-0.05, 0) is 25.5 Å². The van der Waals surface area contributed by atoms with Crippen LogP contribution in [0.3, 0.4) is 0 Å². The smallest absolute Gasteiger partial charge is 0.256 e. The quantitative estimate of drug-likeness (QED) is 0.473. The van der Waals surface area contributed by atoms with Crippen LogP contribution in [0.25, 0.3) is 5.78 Å². The van der Waals surface area contributed by atoms with Crippen LogP contribution in [0.5, 0.6) is 0 Å². The number of rotatable bonds is 8. The van der Waals surface area contributed by atoms with Gasteiger partial charge in [-0.2, -0.15) is 11.8 Å². The molecule has 26 heavy (non-hydrogen) atoms. The molecule has 0 atom stereocenters. The molecule has 0 spiro atoms. The van der Waals surface area contributed by atoms with Crippen LogP contribution >= 0.6 is 23.5 Å². The van der Waals surface area contributed by atoms with Gasteiger partial charge in [-0.3, -0.25) is 9.20 Å². The summed E-state index contributed by atoms with van der Waals surface area (Å²) in [6.45, 7) is 4.58. The summed E-state index contributed by atoms with van der Waals surface area (Å²) in [7, 11) is 0. The number of nitrogens with one attached hydrogen (secondary N) is 1. The molecule has 2 heterocycles. The molecule has 3 aromatic rings. The van der Waals surface area contributed by atoms with Crippen molar-refractivity contribution in [1.29, 1.82) is 0 Å². The third-order valence-corrected chi connectivity index (χ3v) is 5.63. The van der Waals surface area contributed by atoms with Crippen molar-refractivity contribution in [3.8, 4) is 0 Å². The second-order valence-electron chi connectivity index (χ2n) is 5.83. The molecule has 1 aromatic carbocycles. The maximum Gasteiger partial charge on any atom is 0.256 e. The molecule has 8 heteroatoms. The Labute approximate surface area is 161 Å². The molecular formula is C18H21N5OS2. The van der Waals surface area contributed by atoms with Crippen LogP contribution in [0.4, 0.5) is 0 Å². The number of hydrogen-bond donors (Lipinski definition) is 1. The van der Waals surface area contributed by atoms with Crippen LogP contribution in [0.2, 0.25) is 0 Å². The second-order valence-corrected chi connectivity index (χ2v) is 7.88. The Morgan fingerprint density at radius 3 is 2.81 bits per heavy atom. The van der Waals surface area contributed by atoms with E-state index in [1.54, 1.807) is 0 Å². The summed E-state index contributed by atoms with van der Waals surface area (Å²) in [5.41, 5.74) is 3.22. The first-order valence-corrected chi connectivity index (χ1v) is 10.5. The lowest BCUT2D eigenvalue weighted by atomic mass is 10.2. The molecule has 0 fully saturated rings. The van der Waals surface area contributed by atoms with E-state index in [1.165, 1.54) is 17.3 Å². The molecule has 136 valence electrons. The van der Waals surface area contributed by atoms with E-state index in [1.807, 2.05) is 54.3 Å². The average Bonchev–Trinajstić information content (AvgIpc) is 3.03. The lowest BCUT2D eigenvalue weighted by molar-refractivity contribution is -0.118. The topological polar surface area (TPSA) is 72.2 Å². The molecule has 0 saturated heterocycles. The van der Waals surface area contributed by atoms with Gasteiger partial charge in [0.05, 0.1) is 5.75 Å². The number of fused-ring (bicyclic) bond motifs is 1. The first kappa shape index (κ1) is 18.7.